The number of nitrogens with one attached hydrogen (secondary N) is 1. The Balaban J connectivity index is 2.61. The molecule has 0 aliphatic heterocycles. The van der Waals surface area contributed by atoms with Gasteiger partial charge in [0.15, 0.2) is 0 Å². The molecule has 0 spiro atoms. The Morgan fingerprint density at radius 3 is 2.52 bits per heavy atom. The first kappa shape index (κ1) is 20.9. The smallest absolute Gasteiger partial charge is 0.326 e. The number of carboxylic acids is 2. The normalized spacial score (nSPS) is 22.7. The number of carbonyl (C=O) groups is 4. The molecule has 0 saturated heterocycles. The topological polar surface area (TPSA) is 121 Å². The van der Waals surface area contributed by atoms with Crippen molar-refractivity contribution in [1.82, 2.24) is 5.32 Å². The Labute approximate surface area is 147 Å². The molecule has 0 radical (unpaired) electrons. The average Bonchev–Trinajstić information content (AvgIpc) is 2.88. The molecule has 1 aliphatic carbocycles. The zero-order valence-corrected chi connectivity index (χ0v) is 14.7. The maximum absolute atomic E-state index is 12.2. The Hall–Kier alpha value is -2.18. The molecular formula is C18H27NO6. The van der Waals surface area contributed by atoms with Crippen LogP contribution in [0.3, 0.4) is 0 Å². The maximum Gasteiger partial charge on any atom is 0.326 e. The van der Waals surface area contributed by atoms with Crippen molar-refractivity contribution in [3.63, 3.8) is 0 Å². The van der Waals surface area contributed by atoms with Gasteiger partial charge >= 0.3 is 11.9 Å². The van der Waals surface area contributed by atoms with Gasteiger partial charge in [-0.05, 0) is 24.7 Å². The summed E-state index contributed by atoms with van der Waals surface area (Å²) in [7, 11) is 0. The van der Waals surface area contributed by atoms with Crippen LogP contribution in [0.5, 0.6) is 0 Å². The van der Waals surface area contributed by atoms with Gasteiger partial charge in [0.1, 0.15) is 11.8 Å². The summed E-state index contributed by atoms with van der Waals surface area (Å²) in [5.74, 6) is -2.88. The van der Waals surface area contributed by atoms with Crippen molar-refractivity contribution in [2.75, 3.05) is 0 Å². The second-order valence-corrected chi connectivity index (χ2v) is 6.65. The van der Waals surface area contributed by atoms with E-state index in [9.17, 15) is 24.3 Å². The minimum absolute atomic E-state index is 0.0782. The van der Waals surface area contributed by atoms with Gasteiger partial charge in [0.05, 0.1) is 6.42 Å². The number of aliphatic carboxylic acids is 2. The lowest BCUT2D eigenvalue weighted by atomic mass is 9.89. The molecule has 25 heavy (non-hydrogen) atoms. The van der Waals surface area contributed by atoms with Crippen LogP contribution in [0.4, 0.5) is 0 Å². The molecule has 7 heteroatoms. The highest BCUT2D eigenvalue weighted by Crippen LogP contribution is 2.34. The molecule has 1 rings (SSSR count). The van der Waals surface area contributed by atoms with Crippen LogP contribution in [0.15, 0.2) is 12.2 Å². The van der Waals surface area contributed by atoms with Gasteiger partial charge in [-0.1, -0.05) is 32.4 Å². The van der Waals surface area contributed by atoms with Crippen LogP contribution in [0.2, 0.25) is 0 Å². The third kappa shape index (κ3) is 6.68. The number of ketones is 1. The van der Waals surface area contributed by atoms with E-state index in [4.69, 9.17) is 5.11 Å². The molecule has 4 unspecified atom stereocenters. The quantitative estimate of drug-likeness (QED) is 0.517. The van der Waals surface area contributed by atoms with E-state index in [2.05, 4.69) is 5.32 Å². The molecule has 7 nitrogen and oxygen atoms in total. The molecule has 0 heterocycles. The fourth-order valence-corrected chi connectivity index (χ4v) is 3.13. The molecule has 1 saturated carbocycles. The summed E-state index contributed by atoms with van der Waals surface area (Å²) in [4.78, 5) is 46.0. The van der Waals surface area contributed by atoms with Gasteiger partial charge in [-0.25, -0.2) is 4.79 Å². The molecule has 1 fully saturated rings. The number of carboxylic acid groups (broad SMARTS) is 2. The van der Waals surface area contributed by atoms with Crippen LogP contribution in [-0.4, -0.2) is 39.9 Å². The van der Waals surface area contributed by atoms with Gasteiger partial charge in [-0.2, -0.15) is 0 Å². The van der Waals surface area contributed by atoms with Crippen LogP contribution in [0.1, 0.15) is 52.4 Å². The Morgan fingerprint density at radius 2 is 1.96 bits per heavy atom. The van der Waals surface area contributed by atoms with Crippen molar-refractivity contribution < 1.29 is 29.4 Å². The number of amides is 1. The van der Waals surface area contributed by atoms with Crippen molar-refractivity contribution in [1.29, 1.82) is 0 Å². The monoisotopic (exact) mass is 353 g/mol. The van der Waals surface area contributed by atoms with E-state index in [0.29, 0.717) is 25.7 Å². The molecule has 4 atom stereocenters. The highest BCUT2D eigenvalue weighted by molar-refractivity contribution is 5.87. The highest BCUT2D eigenvalue weighted by atomic mass is 16.4. The van der Waals surface area contributed by atoms with Crippen molar-refractivity contribution in [3.05, 3.63) is 12.2 Å². The number of allylic oxidation sites excluding steroid dienone is 1. The van der Waals surface area contributed by atoms with Gasteiger partial charge in [0, 0.05) is 18.8 Å². The third-order valence-electron chi connectivity index (χ3n) is 4.84. The number of hydrogen-bond donors (Lipinski definition) is 3. The second-order valence-electron chi connectivity index (χ2n) is 6.65. The van der Waals surface area contributed by atoms with E-state index in [0.717, 1.165) is 0 Å². The van der Waals surface area contributed by atoms with Crippen LogP contribution in [0.25, 0.3) is 0 Å². The molecule has 140 valence electrons. The minimum Gasteiger partial charge on any atom is -0.481 e. The Morgan fingerprint density at radius 1 is 1.28 bits per heavy atom. The minimum atomic E-state index is -1.06. The highest BCUT2D eigenvalue weighted by Gasteiger charge is 2.35. The largest absolute Gasteiger partial charge is 0.481 e. The summed E-state index contributed by atoms with van der Waals surface area (Å²) in [5, 5.41) is 20.4. The lowest BCUT2D eigenvalue weighted by molar-refractivity contribution is -0.143. The standard InChI is InChI=1S/C18H27NO6/c1-3-11(2)17(18(24)25)19-15(21)10-12-8-9-14(20)13(12)6-4-5-7-16(22)23/h4-5,11-13,17H,3,6-10H2,1-2H3,(H,19,21)(H,22,23)(H,24,25). The summed E-state index contributed by atoms with van der Waals surface area (Å²) in [5.41, 5.74) is 0. The summed E-state index contributed by atoms with van der Waals surface area (Å²) >= 11 is 0. The fraction of sp³-hybridized carbons (Fsp3) is 0.667. The maximum atomic E-state index is 12.2. The van der Waals surface area contributed by atoms with Crippen LogP contribution in [0, 0.1) is 17.8 Å². The molecule has 0 aromatic carbocycles. The number of rotatable bonds is 10. The van der Waals surface area contributed by atoms with Gasteiger partial charge < -0.3 is 15.5 Å². The zero-order chi connectivity index (χ0) is 19.0. The number of hydrogen-bond acceptors (Lipinski definition) is 4. The second kappa shape index (κ2) is 9.96. The first-order valence-electron chi connectivity index (χ1n) is 8.67. The van der Waals surface area contributed by atoms with Crippen LogP contribution < -0.4 is 5.32 Å². The molecule has 1 amide bonds. The molecule has 3 N–H and O–H groups in total. The predicted octanol–water partition coefficient (Wildman–Crippen LogP) is 2.01. The van der Waals surface area contributed by atoms with E-state index in [1.54, 1.807) is 13.0 Å². The lowest BCUT2D eigenvalue weighted by Gasteiger charge is -2.22. The van der Waals surface area contributed by atoms with Gasteiger partial charge in [0.2, 0.25) is 5.91 Å². The summed E-state index contributed by atoms with van der Waals surface area (Å²) < 4.78 is 0. The Bertz CT molecular complexity index is 542. The van der Waals surface area contributed by atoms with Gasteiger partial charge in [0.25, 0.3) is 0 Å². The first-order chi connectivity index (χ1) is 11.8. The van der Waals surface area contributed by atoms with Crippen molar-refractivity contribution in [2.45, 2.75) is 58.4 Å². The van der Waals surface area contributed by atoms with E-state index < -0.39 is 18.0 Å². The van der Waals surface area contributed by atoms with Gasteiger partial charge in [-0.3, -0.25) is 14.4 Å². The number of carbonyl (C=O) groups excluding carboxylic acids is 2. The van der Waals surface area contributed by atoms with E-state index in [-0.39, 0.29) is 42.3 Å². The van der Waals surface area contributed by atoms with Crippen molar-refractivity contribution >= 4 is 23.6 Å². The predicted molar refractivity (Wildman–Crippen MR) is 90.9 cm³/mol. The van der Waals surface area contributed by atoms with Crippen LogP contribution in [-0.2, 0) is 19.2 Å². The van der Waals surface area contributed by atoms with Crippen molar-refractivity contribution in [2.24, 2.45) is 17.8 Å². The molecule has 0 aromatic rings. The summed E-state index contributed by atoms with van der Waals surface area (Å²) in [6.45, 7) is 3.64. The third-order valence-corrected chi connectivity index (χ3v) is 4.84. The molecule has 1 aliphatic rings. The van der Waals surface area contributed by atoms with Crippen molar-refractivity contribution in [3.8, 4) is 0 Å². The molecular weight excluding hydrogens is 326 g/mol. The van der Waals surface area contributed by atoms with Crippen LogP contribution >= 0.6 is 0 Å². The zero-order valence-electron chi connectivity index (χ0n) is 14.7. The average molecular weight is 353 g/mol. The molecule has 0 aromatic heterocycles. The fourth-order valence-electron chi connectivity index (χ4n) is 3.13. The van der Waals surface area contributed by atoms with Gasteiger partial charge in [-0.15, -0.1) is 0 Å². The summed E-state index contributed by atoms with van der Waals surface area (Å²) in [6.07, 6.45) is 5.26. The Kier molecular flexibility index (Phi) is 8.31. The first-order valence-corrected chi connectivity index (χ1v) is 8.67. The van der Waals surface area contributed by atoms with E-state index in [1.165, 1.54) is 6.08 Å². The SMILES string of the molecule is CCC(C)C(NC(=O)CC1CCC(=O)C1CC=CCC(=O)O)C(=O)O. The lowest BCUT2D eigenvalue weighted by Crippen LogP contribution is -2.45. The van der Waals surface area contributed by atoms with E-state index in [1.807, 2.05) is 6.92 Å². The molecule has 0 bridgehead atoms. The summed E-state index contributed by atoms with van der Waals surface area (Å²) in [6, 6.07) is -0.927. The van der Waals surface area contributed by atoms with E-state index >= 15 is 0 Å². The number of Topliss-reactive ketones (excluding diaryl/α,β-unsaturated/α-hetero) is 1.